The summed E-state index contributed by atoms with van der Waals surface area (Å²) in [6.45, 7) is 3.69. The number of aryl methyl sites for hydroxylation is 1. The quantitative estimate of drug-likeness (QED) is 0.872. The number of piperidine rings is 1. The van der Waals surface area contributed by atoms with Crippen LogP contribution in [-0.2, 0) is 10.0 Å². The molecule has 0 aliphatic carbocycles. The molecule has 0 unspecified atom stereocenters. The molecule has 1 saturated heterocycles. The minimum atomic E-state index is -3.43. The molecule has 7 heteroatoms. The zero-order valence-electron chi connectivity index (χ0n) is 11.6. The summed E-state index contributed by atoms with van der Waals surface area (Å²) >= 11 is 3.36. The van der Waals surface area contributed by atoms with Crippen LogP contribution in [0.4, 0.5) is 0 Å². The number of rotatable bonds is 3. The molecule has 0 radical (unpaired) electrons. The predicted octanol–water partition coefficient (Wildman–Crippen LogP) is 2.55. The van der Waals surface area contributed by atoms with E-state index in [9.17, 15) is 8.42 Å². The third-order valence-corrected chi connectivity index (χ3v) is 6.45. The third kappa shape index (κ3) is 3.74. The van der Waals surface area contributed by atoms with Crippen LogP contribution in [0.2, 0.25) is 0 Å². The monoisotopic (exact) mass is 382 g/mol. The molecule has 1 aliphatic rings. The Morgan fingerprint density at radius 2 is 1.90 bits per heavy atom. The van der Waals surface area contributed by atoms with Crippen molar-refractivity contribution in [3.8, 4) is 0 Å². The average molecular weight is 384 g/mol. The summed E-state index contributed by atoms with van der Waals surface area (Å²) in [6, 6.07) is 5.42. The van der Waals surface area contributed by atoms with Gasteiger partial charge in [0.2, 0.25) is 10.0 Å². The van der Waals surface area contributed by atoms with Crippen LogP contribution in [0.25, 0.3) is 0 Å². The maximum Gasteiger partial charge on any atom is 0.244 e. The Bertz CT molecular complexity index is 559. The minimum Gasteiger partial charge on any atom is -0.317 e. The lowest BCUT2D eigenvalue weighted by Crippen LogP contribution is -2.43. The van der Waals surface area contributed by atoms with Gasteiger partial charge < -0.3 is 5.32 Å². The molecule has 20 heavy (non-hydrogen) atoms. The zero-order valence-corrected chi connectivity index (χ0v) is 14.8. The van der Waals surface area contributed by atoms with E-state index in [0.717, 1.165) is 31.5 Å². The van der Waals surface area contributed by atoms with Gasteiger partial charge in [-0.15, -0.1) is 12.4 Å². The van der Waals surface area contributed by atoms with Gasteiger partial charge in [-0.25, -0.2) is 8.42 Å². The number of hydrogen-bond donors (Lipinski definition) is 1. The van der Waals surface area contributed by atoms with Crippen LogP contribution in [0.3, 0.4) is 0 Å². The highest BCUT2D eigenvalue weighted by molar-refractivity contribution is 9.10. The maximum absolute atomic E-state index is 12.6. The van der Waals surface area contributed by atoms with E-state index < -0.39 is 10.0 Å². The zero-order chi connectivity index (χ0) is 14.0. The fourth-order valence-electron chi connectivity index (χ4n) is 2.34. The largest absolute Gasteiger partial charge is 0.317 e. The Labute approximate surface area is 135 Å². The van der Waals surface area contributed by atoms with Crippen LogP contribution in [0.5, 0.6) is 0 Å². The summed E-state index contributed by atoms with van der Waals surface area (Å²) in [6.07, 6.45) is 1.72. The first kappa shape index (κ1) is 17.9. The highest BCUT2D eigenvalue weighted by atomic mass is 79.9. The van der Waals surface area contributed by atoms with Gasteiger partial charge in [0, 0.05) is 17.6 Å². The SMILES string of the molecule is Cc1ccc(S(=O)(=O)N(C)C2CCNCC2)c(Br)c1.Cl. The first-order valence-corrected chi connectivity index (χ1v) is 8.61. The lowest BCUT2D eigenvalue weighted by Gasteiger charge is -2.31. The molecule has 0 spiro atoms. The number of hydrogen-bond acceptors (Lipinski definition) is 3. The Kier molecular flexibility index (Phi) is 6.47. The molecule has 1 aromatic rings. The lowest BCUT2D eigenvalue weighted by atomic mass is 10.1. The van der Waals surface area contributed by atoms with E-state index >= 15 is 0 Å². The topological polar surface area (TPSA) is 49.4 Å². The van der Waals surface area contributed by atoms with E-state index in [4.69, 9.17) is 0 Å². The molecule has 0 aromatic heterocycles. The molecule has 1 heterocycles. The second-order valence-electron chi connectivity index (χ2n) is 4.94. The van der Waals surface area contributed by atoms with Crippen molar-refractivity contribution in [1.29, 1.82) is 0 Å². The van der Waals surface area contributed by atoms with Gasteiger partial charge in [-0.05, 0) is 66.5 Å². The molecule has 0 saturated carbocycles. The third-order valence-electron chi connectivity index (χ3n) is 3.57. The molecule has 0 amide bonds. The van der Waals surface area contributed by atoms with Gasteiger partial charge in [-0.1, -0.05) is 6.07 Å². The van der Waals surface area contributed by atoms with Crippen molar-refractivity contribution in [2.75, 3.05) is 20.1 Å². The van der Waals surface area contributed by atoms with E-state index in [2.05, 4.69) is 21.2 Å². The van der Waals surface area contributed by atoms with Gasteiger partial charge in [-0.2, -0.15) is 4.31 Å². The van der Waals surface area contributed by atoms with Crippen LogP contribution >= 0.6 is 28.3 Å². The molecule has 4 nitrogen and oxygen atoms in total. The van der Waals surface area contributed by atoms with Gasteiger partial charge in [0.1, 0.15) is 0 Å². The molecule has 1 N–H and O–H groups in total. The van der Waals surface area contributed by atoms with E-state index in [1.54, 1.807) is 13.1 Å². The molecular formula is C13H20BrClN2O2S. The van der Waals surface area contributed by atoms with Gasteiger partial charge in [0.25, 0.3) is 0 Å². The Balaban J connectivity index is 0.00000200. The number of benzene rings is 1. The van der Waals surface area contributed by atoms with Crippen LogP contribution in [0, 0.1) is 6.92 Å². The number of sulfonamides is 1. The molecule has 1 aromatic carbocycles. The summed E-state index contributed by atoms with van der Waals surface area (Å²) < 4.78 is 27.4. The van der Waals surface area contributed by atoms with E-state index in [-0.39, 0.29) is 18.4 Å². The fourth-order valence-corrected chi connectivity index (χ4v) is 4.90. The number of nitrogens with zero attached hydrogens (tertiary/aromatic N) is 1. The van der Waals surface area contributed by atoms with Crippen molar-refractivity contribution in [3.05, 3.63) is 28.2 Å². The minimum absolute atomic E-state index is 0. The van der Waals surface area contributed by atoms with Crippen LogP contribution in [0.1, 0.15) is 18.4 Å². The molecule has 2 rings (SSSR count). The maximum atomic E-state index is 12.6. The highest BCUT2D eigenvalue weighted by Gasteiger charge is 2.30. The van der Waals surface area contributed by atoms with Crippen molar-refractivity contribution in [3.63, 3.8) is 0 Å². The summed E-state index contributed by atoms with van der Waals surface area (Å²) in [5.41, 5.74) is 1.04. The molecular weight excluding hydrogens is 364 g/mol. The Hall–Kier alpha value is -0.140. The Morgan fingerprint density at radius 3 is 2.45 bits per heavy atom. The van der Waals surface area contributed by atoms with Crippen LogP contribution < -0.4 is 5.32 Å². The number of halogens is 2. The van der Waals surface area contributed by atoms with Crippen molar-refractivity contribution in [2.45, 2.75) is 30.7 Å². The normalized spacial score (nSPS) is 17.0. The van der Waals surface area contributed by atoms with E-state index in [0.29, 0.717) is 9.37 Å². The summed E-state index contributed by atoms with van der Waals surface area (Å²) in [5.74, 6) is 0. The van der Waals surface area contributed by atoms with Crippen molar-refractivity contribution in [2.24, 2.45) is 0 Å². The molecule has 114 valence electrons. The second kappa shape index (κ2) is 7.22. The predicted molar refractivity (Wildman–Crippen MR) is 87.0 cm³/mol. The summed E-state index contributed by atoms with van der Waals surface area (Å²) in [4.78, 5) is 0.346. The Morgan fingerprint density at radius 1 is 1.30 bits per heavy atom. The lowest BCUT2D eigenvalue weighted by molar-refractivity contribution is 0.296. The van der Waals surface area contributed by atoms with Gasteiger partial charge in [0.05, 0.1) is 4.90 Å². The van der Waals surface area contributed by atoms with Crippen LogP contribution in [-0.4, -0.2) is 38.9 Å². The van der Waals surface area contributed by atoms with Crippen molar-refractivity contribution in [1.82, 2.24) is 9.62 Å². The van der Waals surface area contributed by atoms with E-state index in [1.807, 2.05) is 19.1 Å². The molecule has 0 atom stereocenters. The van der Waals surface area contributed by atoms with Gasteiger partial charge in [-0.3, -0.25) is 0 Å². The first-order valence-electron chi connectivity index (χ1n) is 6.38. The van der Waals surface area contributed by atoms with Crippen molar-refractivity contribution < 1.29 is 8.42 Å². The fraction of sp³-hybridized carbons (Fsp3) is 0.538. The van der Waals surface area contributed by atoms with Gasteiger partial charge in [0.15, 0.2) is 0 Å². The second-order valence-corrected chi connectivity index (χ2v) is 7.76. The van der Waals surface area contributed by atoms with Crippen LogP contribution in [0.15, 0.2) is 27.6 Å². The molecule has 0 bridgehead atoms. The summed E-state index contributed by atoms with van der Waals surface area (Å²) in [5, 5.41) is 3.25. The first-order chi connectivity index (χ1) is 8.93. The number of nitrogens with one attached hydrogen (secondary N) is 1. The summed E-state index contributed by atoms with van der Waals surface area (Å²) in [7, 11) is -1.75. The standard InChI is InChI=1S/C13H19BrN2O2S.ClH/c1-10-3-4-13(12(14)9-10)19(17,18)16(2)11-5-7-15-8-6-11;/h3-4,9,11,15H,5-8H2,1-2H3;1H. The smallest absolute Gasteiger partial charge is 0.244 e. The van der Waals surface area contributed by atoms with E-state index in [1.165, 1.54) is 4.31 Å². The van der Waals surface area contributed by atoms with Crippen molar-refractivity contribution >= 4 is 38.4 Å². The average Bonchev–Trinajstić information content (AvgIpc) is 2.38. The molecule has 1 aliphatic heterocycles. The van der Waals surface area contributed by atoms with Gasteiger partial charge >= 0.3 is 0 Å². The highest BCUT2D eigenvalue weighted by Crippen LogP contribution is 2.27. The molecule has 1 fully saturated rings.